The first-order valence-electron chi connectivity index (χ1n) is 4.47. The molecule has 0 bridgehead atoms. The Bertz CT molecular complexity index is 365. The first-order chi connectivity index (χ1) is 6.77. The molecule has 0 atom stereocenters. The van der Waals surface area contributed by atoms with Crippen molar-refractivity contribution in [3.63, 3.8) is 0 Å². The Morgan fingerprint density at radius 3 is 3.14 bits per heavy atom. The van der Waals surface area contributed by atoms with Crippen molar-refractivity contribution in [3.05, 3.63) is 29.3 Å². The van der Waals surface area contributed by atoms with Gasteiger partial charge in [-0.15, -0.1) is 11.8 Å². The monoisotopic (exact) mass is 209 g/mol. The number of thioether (sulfide) groups is 1. The van der Waals surface area contributed by atoms with E-state index in [1.807, 2.05) is 6.07 Å². The molecule has 2 N–H and O–H groups in total. The van der Waals surface area contributed by atoms with Gasteiger partial charge in [0.1, 0.15) is 0 Å². The van der Waals surface area contributed by atoms with Crippen molar-refractivity contribution in [2.75, 3.05) is 12.3 Å². The van der Waals surface area contributed by atoms with Crippen LogP contribution in [0.2, 0.25) is 0 Å². The zero-order valence-corrected chi connectivity index (χ0v) is 8.43. The summed E-state index contributed by atoms with van der Waals surface area (Å²) in [7, 11) is 0. The number of hydrogen-bond donors (Lipinski definition) is 2. The summed E-state index contributed by atoms with van der Waals surface area (Å²) in [5.74, 6) is 0.140. The third-order valence-corrected chi connectivity index (χ3v) is 3.27. The van der Waals surface area contributed by atoms with Gasteiger partial charge in [0.05, 0.1) is 5.56 Å². The van der Waals surface area contributed by atoms with Crippen LogP contribution < -0.4 is 5.32 Å². The van der Waals surface area contributed by atoms with E-state index in [0.29, 0.717) is 5.56 Å². The standard InChI is InChI=1S/C10H11NO2S/c12-10(13)7-1-2-8-6-11-3-4-14-9(8)5-7/h1-2,5,11H,3-4,6H2,(H,12,13). The van der Waals surface area contributed by atoms with Crippen molar-refractivity contribution in [3.8, 4) is 0 Å². The molecule has 2 rings (SSSR count). The van der Waals surface area contributed by atoms with Gasteiger partial charge in [-0.3, -0.25) is 0 Å². The van der Waals surface area contributed by atoms with Crippen LogP contribution in [0.1, 0.15) is 15.9 Å². The van der Waals surface area contributed by atoms with Gasteiger partial charge in [0.25, 0.3) is 0 Å². The fraction of sp³-hybridized carbons (Fsp3) is 0.300. The summed E-state index contributed by atoms with van der Waals surface area (Å²) < 4.78 is 0. The second-order valence-corrected chi connectivity index (χ2v) is 4.29. The molecule has 1 aromatic rings. The minimum Gasteiger partial charge on any atom is -0.478 e. The molecule has 0 aliphatic carbocycles. The van der Waals surface area contributed by atoms with Gasteiger partial charge in [0.2, 0.25) is 0 Å². The average Bonchev–Trinajstić information content (AvgIpc) is 2.41. The Balaban J connectivity index is 2.37. The second-order valence-electron chi connectivity index (χ2n) is 3.15. The third kappa shape index (κ3) is 1.91. The highest BCUT2D eigenvalue weighted by atomic mass is 32.2. The zero-order chi connectivity index (χ0) is 9.97. The van der Waals surface area contributed by atoms with Gasteiger partial charge >= 0.3 is 5.97 Å². The van der Waals surface area contributed by atoms with Crippen molar-refractivity contribution in [1.29, 1.82) is 0 Å². The molecule has 1 aromatic carbocycles. The summed E-state index contributed by atoms with van der Waals surface area (Å²) in [4.78, 5) is 11.8. The number of carboxylic acids is 1. The lowest BCUT2D eigenvalue weighted by molar-refractivity contribution is 0.0696. The Morgan fingerprint density at radius 1 is 1.50 bits per heavy atom. The minimum atomic E-state index is -0.856. The van der Waals surface area contributed by atoms with E-state index in [0.717, 1.165) is 23.7 Å². The maximum Gasteiger partial charge on any atom is 0.335 e. The predicted molar refractivity (Wildman–Crippen MR) is 55.8 cm³/mol. The molecule has 0 fully saturated rings. The van der Waals surface area contributed by atoms with Crippen molar-refractivity contribution in [2.24, 2.45) is 0 Å². The molecule has 1 aliphatic rings. The van der Waals surface area contributed by atoms with E-state index in [1.165, 1.54) is 5.56 Å². The molecule has 0 amide bonds. The minimum absolute atomic E-state index is 0.373. The molecule has 14 heavy (non-hydrogen) atoms. The number of fused-ring (bicyclic) bond motifs is 1. The largest absolute Gasteiger partial charge is 0.478 e. The van der Waals surface area contributed by atoms with Gasteiger partial charge < -0.3 is 10.4 Å². The molecule has 0 spiro atoms. The second kappa shape index (κ2) is 4.02. The van der Waals surface area contributed by atoms with Crippen molar-refractivity contribution < 1.29 is 9.90 Å². The fourth-order valence-corrected chi connectivity index (χ4v) is 2.43. The van der Waals surface area contributed by atoms with Gasteiger partial charge in [-0.05, 0) is 17.7 Å². The van der Waals surface area contributed by atoms with Gasteiger partial charge in [0.15, 0.2) is 0 Å². The molecule has 4 heteroatoms. The lowest BCUT2D eigenvalue weighted by atomic mass is 10.1. The van der Waals surface area contributed by atoms with Crippen LogP contribution in [-0.2, 0) is 6.54 Å². The quantitative estimate of drug-likeness (QED) is 0.737. The van der Waals surface area contributed by atoms with E-state index in [9.17, 15) is 4.79 Å². The summed E-state index contributed by atoms with van der Waals surface area (Å²) in [6.45, 7) is 1.81. The highest BCUT2D eigenvalue weighted by Gasteiger charge is 2.10. The van der Waals surface area contributed by atoms with Gasteiger partial charge in [-0.25, -0.2) is 4.79 Å². The maximum atomic E-state index is 10.7. The van der Waals surface area contributed by atoms with Crippen molar-refractivity contribution >= 4 is 17.7 Å². The number of aromatic carboxylic acids is 1. The van der Waals surface area contributed by atoms with Crippen LogP contribution in [0.15, 0.2) is 23.1 Å². The zero-order valence-electron chi connectivity index (χ0n) is 7.62. The van der Waals surface area contributed by atoms with E-state index in [1.54, 1.807) is 23.9 Å². The van der Waals surface area contributed by atoms with Crippen LogP contribution in [-0.4, -0.2) is 23.4 Å². The third-order valence-electron chi connectivity index (χ3n) is 2.17. The van der Waals surface area contributed by atoms with Crippen molar-refractivity contribution in [1.82, 2.24) is 5.32 Å². The Kier molecular flexibility index (Phi) is 2.74. The molecule has 1 heterocycles. The molecule has 0 radical (unpaired) electrons. The smallest absolute Gasteiger partial charge is 0.335 e. The first kappa shape index (κ1) is 9.55. The number of rotatable bonds is 1. The summed E-state index contributed by atoms with van der Waals surface area (Å²) in [5.41, 5.74) is 1.57. The SMILES string of the molecule is O=C(O)c1ccc2c(c1)SCCNC2. The molecular weight excluding hydrogens is 198 g/mol. The predicted octanol–water partition coefficient (Wildman–Crippen LogP) is 1.58. The number of carboxylic acid groups (broad SMARTS) is 1. The van der Waals surface area contributed by atoms with Crippen LogP contribution in [0.25, 0.3) is 0 Å². The van der Waals surface area contributed by atoms with Crippen LogP contribution in [0, 0.1) is 0 Å². The summed E-state index contributed by atoms with van der Waals surface area (Å²) in [5, 5.41) is 12.1. The molecule has 0 aromatic heterocycles. The van der Waals surface area contributed by atoms with Crippen molar-refractivity contribution in [2.45, 2.75) is 11.4 Å². The van der Waals surface area contributed by atoms with Crippen LogP contribution >= 0.6 is 11.8 Å². The lowest BCUT2D eigenvalue weighted by Crippen LogP contribution is -2.13. The maximum absolute atomic E-state index is 10.7. The van der Waals surface area contributed by atoms with Gasteiger partial charge in [-0.2, -0.15) is 0 Å². The van der Waals surface area contributed by atoms with E-state index in [2.05, 4.69) is 5.32 Å². The first-order valence-corrected chi connectivity index (χ1v) is 5.45. The number of hydrogen-bond acceptors (Lipinski definition) is 3. The number of carbonyl (C=O) groups is 1. The Hall–Kier alpha value is -1.00. The summed E-state index contributed by atoms with van der Waals surface area (Å²) in [6, 6.07) is 5.31. The molecule has 0 saturated carbocycles. The lowest BCUT2D eigenvalue weighted by Gasteiger charge is -2.05. The van der Waals surface area contributed by atoms with Gasteiger partial charge in [-0.1, -0.05) is 6.07 Å². The molecule has 0 saturated heterocycles. The van der Waals surface area contributed by atoms with E-state index in [4.69, 9.17) is 5.11 Å². The van der Waals surface area contributed by atoms with Crippen LogP contribution in [0.5, 0.6) is 0 Å². The summed E-state index contributed by atoms with van der Waals surface area (Å²) in [6.07, 6.45) is 0. The van der Waals surface area contributed by atoms with E-state index >= 15 is 0 Å². The highest BCUT2D eigenvalue weighted by molar-refractivity contribution is 7.99. The van der Waals surface area contributed by atoms with Gasteiger partial charge in [0, 0.05) is 23.7 Å². The molecular formula is C10H11NO2S. The van der Waals surface area contributed by atoms with Crippen LogP contribution in [0.3, 0.4) is 0 Å². The fourth-order valence-electron chi connectivity index (χ4n) is 1.42. The molecule has 1 aliphatic heterocycles. The van der Waals surface area contributed by atoms with Crippen LogP contribution in [0.4, 0.5) is 0 Å². The highest BCUT2D eigenvalue weighted by Crippen LogP contribution is 2.25. The number of nitrogens with one attached hydrogen (secondary N) is 1. The number of benzene rings is 1. The van der Waals surface area contributed by atoms with E-state index in [-0.39, 0.29) is 0 Å². The van der Waals surface area contributed by atoms with E-state index < -0.39 is 5.97 Å². The Labute approximate surface area is 86.5 Å². The average molecular weight is 209 g/mol. The normalized spacial score (nSPS) is 15.7. The summed E-state index contributed by atoms with van der Waals surface area (Å²) >= 11 is 1.72. The topological polar surface area (TPSA) is 49.3 Å². The molecule has 3 nitrogen and oxygen atoms in total. The Morgan fingerprint density at radius 2 is 2.36 bits per heavy atom. The molecule has 0 unspecified atom stereocenters. The molecule has 74 valence electrons.